The minimum absolute atomic E-state index is 0.545. The van der Waals surface area contributed by atoms with Crippen molar-refractivity contribution in [1.82, 2.24) is 9.97 Å². The first-order valence-electron chi connectivity index (χ1n) is 6.12. The number of hydrogen-bond acceptors (Lipinski definition) is 4. The molecule has 0 spiro atoms. The molecular formula is C12H18ClN3O. The smallest absolute Gasteiger partial charge is 0.132 e. The molecule has 0 radical (unpaired) electrons. The van der Waals surface area contributed by atoms with E-state index >= 15 is 0 Å². The van der Waals surface area contributed by atoms with Gasteiger partial charge in [-0.3, -0.25) is 0 Å². The number of aromatic nitrogens is 2. The molecule has 0 aromatic carbocycles. The summed E-state index contributed by atoms with van der Waals surface area (Å²) in [5, 5.41) is 3.31. The zero-order chi connectivity index (χ0) is 11.9. The van der Waals surface area contributed by atoms with Gasteiger partial charge in [-0.05, 0) is 25.7 Å². The monoisotopic (exact) mass is 255 g/mol. The second kappa shape index (κ2) is 6.77. The van der Waals surface area contributed by atoms with Crippen LogP contribution < -0.4 is 5.32 Å². The summed E-state index contributed by atoms with van der Waals surface area (Å²) in [4.78, 5) is 8.64. The summed E-state index contributed by atoms with van der Waals surface area (Å²) in [5.74, 6) is 1.52. The number of rotatable bonds is 6. The van der Waals surface area contributed by atoms with E-state index in [4.69, 9.17) is 16.3 Å². The fraction of sp³-hybridized carbons (Fsp3) is 0.667. The summed E-state index contributed by atoms with van der Waals surface area (Å²) in [5.41, 5.74) is 2.49. The van der Waals surface area contributed by atoms with Crippen LogP contribution >= 0.6 is 11.6 Å². The Morgan fingerprint density at radius 1 is 1.24 bits per heavy atom. The van der Waals surface area contributed by atoms with Crippen LogP contribution in [0.3, 0.4) is 0 Å². The molecule has 0 saturated carbocycles. The van der Waals surface area contributed by atoms with Gasteiger partial charge in [0.15, 0.2) is 0 Å². The topological polar surface area (TPSA) is 47.0 Å². The Morgan fingerprint density at radius 2 is 2.12 bits per heavy atom. The number of anilines is 1. The van der Waals surface area contributed by atoms with E-state index in [2.05, 4.69) is 15.3 Å². The van der Waals surface area contributed by atoms with Crippen molar-refractivity contribution < 1.29 is 4.74 Å². The Morgan fingerprint density at radius 3 is 3.00 bits per heavy atom. The molecule has 1 aliphatic rings. The maximum Gasteiger partial charge on any atom is 0.132 e. The molecule has 4 nitrogen and oxygen atoms in total. The van der Waals surface area contributed by atoms with E-state index in [0.29, 0.717) is 19.1 Å². The average Bonchev–Trinajstić information content (AvgIpc) is 2.39. The SMILES string of the molecule is ClCCOCCNc1ncnc2c1CCCC2. The van der Waals surface area contributed by atoms with E-state index in [1.807, 2.05) is 0 Å². The van der Waals surface area contributed by atoms with Crippen molar-refractivity contribution in [1.29, 1.82) is 0 Å². The summed E-state index contributed by atoms with van der Waals surface area (Å²) < 4.78 is 5.31. The second-order valence-electron chi connectivity index (χ2n) is 4.08. The van der Waals surface area contributed by atoms with Crippen molar-refractivity contribution in [2.75, 3.05) is 31.0 Å². The maximum absolute atomic E-state index is 5.53. The molecule has 0 saturated heterocycles. The van der Waals surface area contributed by atoms with Gasteiger partial charge in [-0.15, -0.1) is 11.6 Å². The van der Waals surface area contributed by atoms with Crippen LogP contribution in [0.2, 0.25) is 0 Å². The third kappa shape index (κ3) is 3.54. The summed E-state index contributed by atoms with van der Waals surface area (Å²) >= 11 is 5.53. The molecule has 1 N–H and O–H groups in total. The zero-order valence-electron chi connectivity index (χ0n) is 9.91. The van der Waals surface area contributed by atoms with Gasteiger partial charge < -0.3 is 10.1 Å². The first kappa shape index (κ1) is 12.6. The molecule has 2 rings (SSSR count). The van der Waals surface area contributed by atoms with E-state index in [9.17, 15) is 0 Å². The first-order chi connectivity index (χ1) is 8.42. The highest BCUT2D eigenvalue weighted by Gasteiger charge is 2.14. The van der Waals surface area contributed by atoms with Gasteiger partial charge in [-0.25, -0.2) is 9.97 Å². The van der Waals surface area contributed by atoms with Crippen LogP contribution in [0.1, 0.15) is 24.1 Å². The van der Waals surface area contributed by atoms with Gasteiger partial charge >= 0.3 is 0 Å². The summed E-state index contributed by atoms with van der Waals surface area (Å²) in [6.07, 6.45) is 6.28. The average molecular weight is 256 g/mol. The van der Waals surface area contributed by atoms with Crippen molar-refractivity contribution in [3.63, 3.8) is 0 Å². The van der Waals surface area contributed by atoms with Gasteiger partial charge in [0.05, 0.1) is 13.2 Å². The summed E-state index contributed by atoms with van der Waals surface area (Å²) in [6.45, 7) is 2.02. The van der Waals surface area contributed by atoms with E-state index in [0.717, 1.165) is 25.2 Å². The number of aryl methyl sites for hydroxylation is 1. The number of nitrogens with zero attached hydrogens (tertiary/aromatic N) is 2. The lowest BCUT2D eigenvalue weighted by Crippen LogP contribution is -2.15. The fourth-order valence-electron chi connectivity index (χ4n) is 2.07. The highest BCUT2D eigenvalue weighted by Crippen LogP contribution is 2.23. The lowest BCUT2D eigenvalue weighted by Gasteiger charge is -2.17. The highest BCUT2D eigenvalue weighted by atomic mass is 35.5. The molecule has 0 atom stereocenters. The molecule has 1 aliphatic carbocycles. The summed E-state index contributed by atoms with van der Waals surface area (Å²) in [7, 11) is 0. The van der Waals surface area contributed by atoms with Crippen molar-refractivity contribution in [2.45, 2.75) is 25.7 Å². The number of ether oxygens (including phenoxy) is 1. The Labute approximate surface area is 107 Å². The van der Waals surface area contributed by atoms with E-state index in [1.54, 1.807) is 6.33 Å². The lowest BCUT2D eigenvalue weighted by atomic mass is 9.96. The molecule has 0 fully saturated rings. The predicted octanol–water partition coefficient (Wildman–Crippen LogP) is 2.02. The zero-order valence-corrected chi connectivity index (χ0v) is 10.7. The second-order valence-corrected chi connectivity index (χ2v) is 4.46. The molecule has 0 bridgehead atoms. The van der Waals surface area contributed by atoms with Crippen LogP contribution in [-0.4, -0.2) is 35.6 Å². The molecular weight excluding hydrogens is 238 g/mol. The van der Waals surface area contributed by atoms with Crippen LogP contribution in [-0.2, 0) is 17.6 Å². The van der Waals surface area contributed by atoms with E-state index in [-0.39, 0.29) is 0 Å². The van der Waals surface area contributed by atoms with Gasteiger partial charge in [0.25, 0.3) is 0 Å². The lowest BCUT2D eigenvalue weighted by molar-refractivity contribution is 0.160. The van der Waals surface area contributed by atoms with Crippen molar-refractivity contribution in [2.24, 2.45) is 0 Å². The number of halogens is 1. The van der Waals surface area contributed by atoms with Gasteiger partial charge in [0.2, 0.25) is 0 Å². The molecule has 1 aromatic heterocycles. The van der Waals surface area contributed by atoms with Gasteiger partial charge in [0, 0.05) is 23.7 Å². The van der Waals surface area contributed by atoms with Crippen LogP contribution in [0.25, 0.3) is 0 Å². The number of alkyl halides is 1. The molecule has 1 aromatic rings. The number of fused-ring (bicyclic) bond motifs is 1. The standard InChI is InChI=1S/C12H18ClN3O/c13-5-7-17-8-6-14-12-10-3-1-2-4-11(10)15-9-16-12/h9H,1-8H2,(H,14,15,16). The van der Waals surface area contributed by atoms with Gasteiger partial charge in [-0.1, -0.05) is 0 Å². The minimum atomic E-state index is 0.545. The molecule has 0 aliphatic heterocycles. The molecule has 1 heterocycles. The number of hydrogen-bond donors (Lipinski definition) is 1. The third-order valence-corrected chi connectivity index (χ3v) is 3.04. The van der Waals surface area contributed by atoms with Crippen LogP contribution in [0.15, 0.2) is 6.33 Å². The largest absolute Gasteiger partial charge is 0.378 e. The van der Waals surface area contributed by atoms with Crippen molar-refractivity contribution in [3.8, 4) is 0 Å². The number of nitrogens with one attached hydrogen (secondary N) is 1. The normalized spacial score (nSPS) is 14.4. The van der Waals surface area contributed by atoms with Crippen molar-refractivity contribution >= 4 is 17.4 Å². The Kier molecular flexibility index (Phi) is 5.01. The molecule has 17 heavy (non-hydrogen) atoms. The highest BCUT2D eigenvalue weighted by molar-refractivity contribution is 6.17. The van der Waals surface area contributed by atoms with Gasteiger partial charge in [0.1, 0.15) is 12.1 Å². The first-order valence-corrected chi connectivity index (χ1v) is 6.65. The van der Waals surface area contributed by atoms with Crippen LogP contribution in [0.5, 0.6) is 0 Å². The summed E-state index contributed by atoms with van der Waals surface area (Å²) in [6, 6.07) is 0. The maximum atomic E-state index is 5.53. The quantitative estimate of drug-likeness (QED) is 0.624. The van der Waals surface area contributed by atoms with E-state index < -0.39 is 0 Å². The van der Waals surface area contributed by atoms with Crippen molar-refractivity contribution in [3.05, 3.63) is 17.6 Å². The predicted molar refractivity (Wildman–Crippen MR) is 68.7 cm³/mol. The molecule has 0 amide bonds. The fourth-order valence-corrected chi connectivity index (χ4v) is 2.18. The van der Waals surface area contributed by atoms with Crippen LogP contribution in [0, 0.1) is 0 Å². The minimum Gasteiger partial charge on any atom is -0.378 e. The molecule has 5 heteroatoms. The van der Waals surface area contributed by atoms with Crippen LogP contribution in [0.4, 0.5) is 5.82 Å². The third-order valence-electron chi connectivity index (χ3n) is 2.89. The molecule has 0 unspecified atom stereocenters. The van der Waals surface area contributed by atoms with E-state index in [1.165, 1.54) is 24.1 Å². The Bertz CT molecular complexity index is 360. The van der Waals surface area contributed by atoms with Gasteiger partial charge in [-0.2, -0.15) is 0 Å². The Balaban J connectivity index is 1.87. The molecule has 94 valence electrons. The Hall–Kier alpha value is -0.870.